The molecule has 0 aromatic carbocycles. The van der Waals surface area contributed by atoms with Crippen LogP contribution in [0.4, 0.5) is 5.82 Å². The molecular formula is C14H20N4O. The molecule has 5 nitrogen and oxygen atoms in total. The summed E-state index contributed by atoms with van der Waals surface area (Å²) in [5.41, 5.74) is 0.759. The van der Waals surface area contributed by atoms with E-state index in [0.717, 1.165) is 44.9 Å². The third kappa shape index (κ3) is 3.66. The van der Waals surface area contributed by atoms with Gasteiger partial charge in [-0.3, -0.25) is 0 Å². The molecule has 0 spiro atoms. The van der Waals surface area contributed by atoms with Crippen LogP contribution in [0.5, 0.6) is 0 Å². The van der Waals surface area contributed by atoms with Gasteiger partial charge in [-0.25, -0.2) is 4.98 Å². The second-order valence-corrected chi connectivity index (χ2v) is 5.08. The van der Waals surface area contributed by atoms with Gasteiger partial charge < -0.3 is 15.4 Å². The Morgan fingerprint density at radius 3 is 2.84 bits per heavy atom. The van der Waals surface area contributed by atoms with E-state index in [1.165, 1.54) is 0 Å². The summed E-state index contributed by atoms with van der Waals surface area (Å²) in [6.07, 6.45) is 3.79. The summed E-state index contributed by atoms with van der Waals surface area (Å²) in [7, 11) is 1.75. The molecule has 0 amide bonds. The molecule has 1 fully saturated rings. The highest BCUT2D eigenvalue weighted by Crippen LogP contribution is 2.29. The number of nitrogens with one attached hydrogen (secondary N) is 2. The molecule has 5 heteroatoms. The van der Waals surface area contributed by atoms with Crippen molar-refractivity contribution in [2.75, 3.05) is 38.7 Å². The van der Waals surface area contributed by atoms with Crippen LogP contribution in [0.2, 0.25) is 0 Å². The van der Waals surface area contributed by atoms with Crippen LogP contribution >= 0.6 is 0 Å². The van der Waals surface area contributed by atoms with Gasteiger partial charge in [0.15, 0.2) is 0 Å². The smallest absolute Gasteiger partial charge is 0.125 e. The van der Waals surface area contributed by atoms with E-state index in [1.54, 1.807) is 19.4 Å². The zero-order valence-corrected chi connectivity index (χ0v) is 11.3. The third-order valence-electron chi connectivity index (χ3n) is 3.65. The summed E-state index contributed by atoms with van der Waals surface area (Å²) >= 11 is 0. The monoisotopic (exact) mass is 260 g/mol. The van der Waals surface area contributed by atoms with Crippen LogP contribution in [0.1, 0.15) is 18.4 Å². The van der Waals surface area contributed by atoms with Gasteiger partial charge >= 0.3 is 0 Å². The van der Waals surface area contributed by atoms with Crippen molar-refractivity contribution in [2.24, 2.45) is 5.41 Å². The first-order chi connectivity index (χ1) is 9.28. The van der Waals surface area contributed by atoms with Crippen LogP contribution < -0.4 is 10.6 Å². The topological polar surface area (TPSA) is 70.0 Å². The minimum atomic E-state index is 0.176. The quantitative estimate of drug-likeness (QED) is 0.837. The number of hydrogen-bond acceptors (Lipinski definition) is 5. The fourth-order valence-corrected chi connectivity index (χ4v) is 2.48. The van der Waals surface area contributed by atoms with Gasteiger partial charge in [0, 0.05) is 25.3 Å². The molecule has 1 aliphatic heterocycles. The average molecular weight is 260 g/mol. The van der Waals surface area contributed by atoms with Crippen molar-refractivity contribution in [1.29, 1.82) is 5.26 Å². The lowest BCUT2D eigenvalue weighted by Gasteiger charge is -2.37. The Hall–Kier alpha value is -1.64. The lowest BCUT2D eigenvalue weighted by molar-refractivity contribution is 0.0635. The molecule has 1 aromatic rings. The molecule has 1 aromatic heterocycles. The molecule has 0 unspecified atom stereocenters. The van der Waals surface area contributed by atoms with E-state index < -0.39 is 0 Å². The van der Waals surface area contributed by atoms with Crippen molar-refractivity contribution in [2.45, 2.75) is 12.8 Å². The second-order valence-electron chi connectivity index (χ2n) is 5.08. The second kappa shape index (κ2) is 6.50. The number of ether oxygens (including phenoxy) is 1. The van der Waals surface area contributed by atoms with Gasteiger partial charge in [0.05, 0.1) is 12.2 Å². The largest absolute Gasteiger partial charge is 0.384 e. The summed E-state index contributed by atoms with van der Waals surface area (Å²) < 4.78 is 5.38. The number of aromatic nitrogens is 1. The van der Waals surface area contributed by atoms with Gasteiger partial charge in [-0.05, 0) is 38.1 Å². The Labute approximate surface area is 114 Å². The number of rotatable bonds is 5. The highest BCUT2D eigenvalue weighted by Gasteiger charge is 2.31. The predicted octanol–water partition coefficient (Wildman–Crippen LogP) is 1.38. The standard InChI is InChI=1S/C14H20N4O/c1-19-11-14(4-6-16-7-5-14)10-18-13-3-2-12(8-15)9-17-13/h2-3,9,16H,4-7,10-11H2,1H3,(H,17,18). The number of nitriles is 1. The van der Waals surface area contributed by atoms with Gasteiger partial charge in [-0.1, -0.05) is 0 Å². The highest BCUT2D eigenvalue weighted by molar-refractivity contribution is 5.39. The molecule has 0 aliphatic carbocycles. The van der Waals surface area contributed by atoms with Crippen LogP contribution in [0.3, 0.4) is 0 Å². The van der Waals surface area contributed by atoms with Gasteiger partial charge in [-0.15, -0.1) is 0 Å². The Morgan fingerprint density at radius 1 is 1.47 bits per heavy atom. The van der Waals surface area contributed by atoms with E-state index in [4.69, 9.17) is 10.00 Å². The fraction of sp³-hybridized carbons (Fsp3) is 0.571. The Bertz CT molecular complexity index is 426. The maximum Gasteiger partial charge on any atom is 0.125 e. The molecule has 19 heavy (non-hydrogen) atoms. The Morgan fingerprint density at radius 2 is 2.26 bits per heavy atom. The zero-order chi connectivity index (χ0) is 13.6. The van der Waals surface area contributed by atoms with Crippen molar-refractivity contribution in [3.8, 4) is 6.07 Å². The van der Waals surface area contributed by atoms with Crippen LogP contribution in [-0.2, 0) is 4.74 Å². The lowest BCUT2D eigenvalue weighted by Crippen LogP contribution is -2.44. The molecule has 1 saturated heterocycles. The third-order valence-corrected chi connectivity index (χ3v) is 3.65. The number of methoxy groups -OCH3 is 1. The Balaban J connectivity index is 1.96. The molecular weight excluding hydrogens is 240 g/mol. The van der Waals surface area contributed by atoms with Gasteiger partial charge in [0.25, 0.3) is 0 Å². The average Bonchev–Trinajstić information content (AvgIpc) is 2.47. The molecule has 0 atom stereocenters. The fourth-order valence-electron chi connectivity index (χ4n) is 2.48. The summed E-state index contributed by atoms with van der Waals surface area (Å²) in [6, 6.07) is 5.69. The van der Waals surface area contributed by atoms with E-state index in [-0.39, 0.29) is 5.41 Å². The van der Waals surface area contributed by atoms with Crippen molar-refractivity contribution < 1.29 is 4.74 Å². The predicted molar refractivity (Wildman–Crippen MR) is 73.9 cm³/mol. The first kappa shape index (κ1) is 13.8. The van der Waals surface area contributed by atoms with Crippen LogP contribution in [-0.4, -0.2) is 38.3 Å². The molecule has 1 aliphatic rings. The summed E-state index contributed by atoms with van der Waals surface area (Å²) in [5, 5.41) is 15.5. The molecule has 2 N–H and O–H groups in total. The van der Waals surface area contributed by atoms with E-state index >= 15 is 0 Å². The van der Waals surface area contributed by atoms with Crippen molar-refractivity contribution in [3.05, 3.63) is 23.9 Å². The minimum Gasteiger partial charge on any atom is -0.384 e. The van der Waals surface area contributed by atoms with Gasteiger partial charge in [0.1, 0.15) is 11.9 Å². The van der Waals surface area contributed by atoms with Gasteiger partial charge in [-0.2, -0.15) is 5.26 Å². The molecule has 102 valence electrons. The van der Waals surface area contributed by atoms with Crippen LogP contribution in [0.15, 0.2) is 18.3 Å². The summed E-state index contributed by atoms with van der Waals surface area (Å²) in [5.74, 6) is 0.813. The van der Waals surface area contributed by atoms with Crippen molar-refractivity contribution in [1.82, 2.24) is 10.3 Å². The number of nitrogens with zero attached hydrogens (tertiary/aromatic N) is 2. The lowest BCUT2D eigenvalue weighted by atomic mass is 9.79. The molecule has 2 rings (SSSR count). The zero-order valence-electron chi connectivity index (χ0n) is 11.3. The molecule has 0 radical (unpaired) electrons. The van der Waals surface area contributed by atoms with E-state index in [9.17, 15) is 0 Å². The number of pyridine rings is 1. The number of anilines is 1. The SMILES string of the molecule is COCC1(CNc2ccc(C#N)cn2)CCNCC1. The van der Waals surface area contributed by atoms with E-state index in [2.05, 4.69) is 21.7 Å². The first-order valence-corrected chi connectivity index (χ1v) is 6.58. The minimum absolute atomic E-state index is 0.176. The summed E-state index contributed by atoms with van der Waals surface area (Å²) in [6.45, 7) is 3.68. The van der Waals surface area contributed by atoms with Crippen molar-refractivity contribution in [3.63, 3.8) is 0 Å². The first-order valence-electron chi connectivity index (χ1n) is 6.58. The number of piperidine rings is 1. The Kier molecular flexibility index (Phi) is 4.72. The van der Waals surface area contributed by atoms with E-state index in [0.29, 0.717) is 5.56 Å². The van der Waals surface area contributed by atoms with Crippen LogP contribution in [0, 0.1) is 16.7 Å². The maximum atomic E-state index is 8.74. The van der Waals surface area contributed by atoms with Crippen molar-refractivity contribution >= 4 is 5.82 Å². The molecule has 0 saturated carbocycles. The maximum absolute atomic E-state index is 8.74. The van der Waals surface area contributed by atoms with E-state index in [1.807, 2.05) is 6.07 Å². The molecule has 2 heterocycles. The summed E-state index contributed by atoms with van der Waals surface area (Å²) in [4.78, 5) is 4.24. The molecule has 0 bridgehead atoms. The van der Waals surface area contributed by atoms with Crippen LogP contribution in [0.25, 0.3) is 0 Å². The van der Waals surface area contributed by atoms with Gasteiger partial charge in [0.2, 0.25) is 0 Å². The normalized spacial score (nSPS) is 17.7. The highest BCUT2D eigenvalue weighted by atomic mass is 16.5. The number of hydrogen-bond donors (Lipinski definition) is 2.